The van der Waals surface area contributed by atoms with E-state index in [0.717, 1.165) is 23.9 Å². The third-order valence-electron chi connectivity index (χ3n) is 4.12. The van der Waals surface area contributed by atoms with Gasteiger partial charge < -0.3 is 10.4 Å². The standard InChI is InChI=1S/C17H16F2N4O/c1-9-3-5-13-15(20-9)23(16(22-13)17(2,18)19)11-4-6-12-10(7-11)8-14(24)21-12/h3-7,14,21,24H,8H2,1-2H3. The van der Waals surface area contributed by atoms with Crippen molar-refractivity contribution in [2.24, 2.45) is 0 Å². The van der Waals surface area contributed by atoms with E-state index in [4.69, 9.17) is 0 Å². The zero-order chi connectivity index (χ0) is 17.1. The number of imidazole rings is 1. The number of halogens is 2. The van der Waals surface area contributed by atoms with Crippen LogP contribution < -0.4 is 5.32 Å². The maximum Gasteiger partial charge on any atom is 0.302 e. The van der Waals surface area contributed by atoms with Gasteiger partial charge in [0, 0.05) is 30.4 Å². The predicted octanol–water partition coefficient (Wildman–Crippen LogP) is 3.13. The molecule has 3 heterocycles. The summed E-state index contributed by atoms with van der Waals surface area (Å²) in [4.78, 5) is 8.49. The second-order valence-electron chi connectivity index (χ2n) is 6.16. The van der Waals surface area contributed by atoms with Crippen LogP contribution in [0, 0.1) is 6.92 Å². The first-order valence-corrected chi connectivity index (χ1v) is 7.65. The van der Waals surface area contributed by atoms with E-state index in [1.807, 2.05) is 6.92 Å². The second kappa shape index (κ2) is 4.98. The van der Waals surface area contributed by atoms with E-state index in [2.05, 4.69) is 15.3 Å². The summed E-state index contributed by atoms with van der Waals surface area (Å²) in [7, 11) is 0. The lowest BCUT2D eigenvalue weighted by atomic mass is 10.1. The van der Waals surface area contributed by atoms with Crippen LogP contribution in [0.4, 0.5) is 14.5 Å². The molecule has 1 unspecified atom stereocenters. The summed E-state index contributed by atoms with van der Waals surface area (Å²) in [5.41, 5.74) is 3.80. The Kier molecular flexibility index (Phi) is 3.11. The van der Waals surface area contributed by atoms with E-state index in [0.29, 0.717) is 23.3 Å². The maximum absolute atomic E-state index is 14.1. The first-order chi connectivity index (χ1) is 11.3. The van der Waals surface area contributed by atoms with Gasteiger partial charge in [0.05, 0.1) is 0 Å². The number of fused-ring (bicyclic) bond motifs is 2. The van der Waals surface area contributed by atoms with Crippen molar-refractivity contribution in [2.45, 2.75) is 32.4 Å². The summed E-state index contributed by atoms with van der Waals surface area (Å²) >= 11 is 0. The van der Waals surface area contributed by atoms with Crippen molar-refractivity contribution in [2.75, 3.05) is 5.32 Å². The topological polar surface area (TPSA) is 63.0 Å². The molecule has 0 fully saturated rings. The number of aliphatic hydroxyl groups excluding tert-OH is 1. The third kappa shape index (κ3) is 2.32. The third-order valence-corrected chi connectivity index (χ3v) is 4.12. The SMILES string of the molecule is Cc1ccc2nc(C(C)(F)F)n(-c3ccc4c(c3)CC(O)N4)c2n1. The van der Waals surface area contributed by atoms with Gasteiger partial charge in [0.15, 0.2) is 11.5 Å². The largest absolute Gasteiger partial charge is 0.373 e. The molecule has 124 valence electrons. The van der Waals surface area contributed by atoms with Crippen molar-refractivity contribution in [3.63, 3.8) is 0 Å². The fraction of sp³-hybridized carbons (Fsp3) is 0.294. The first-order valence-electron chi connectivity index (χ1n) is 7.65. The van der Waals surface area contributed by atoms with Crippen molar-refractivity contribution < 1.29 is 13.9 Å². The predicted molar refractivity (Wildman–Crippen MR) is 86.5 cm³/mol. The number of nitrogens with zero attached hydrogens (tertiary/aromatic N) is 3. The molecule has 5 nitrogen and oxygen atoms in total. The minimum absolute atomic E-state index is 0.345. The van der Waals surface area contributed by atoms with Crippen LogP contribution in [0.3, 0.4) is 0 Å². The van der Waals surface area contributed by atoms with Gasteiger partial charge in [-0.1, -0.05) is 0 Å². The number of aromatic nitrogens is 3. The van der Waals surface area contributed by atoms with Crippen LogP contribution in [-0.4, -0.2) is 25.9 Å². The van der Waals surface area contributed by atoms with Gasteiger partial charge in [-0.15, -0.1) is 0 Å². The molecular formula is C17H16F2N4O. The number of nitrogens with one attached hydrogen (secondary N) is 1. The molecule has 0 amide bonds. The highest BCUT2D eigenvalue weighted by Gasteiger charge is 2.33. The molecule has 7 heteroatoms. The van der Waals surface area contributed by atoms with E-state index in [-0.39, 0.29) is 5.82 Å². The van der Waals surface area contributed by atoms with Crippen LogP contribution >= 0.6 is 0 Å². The molecule has 1 atom stereocenters. The Hall–Kier alpha value is -2.54. The molecular weight excluding hydrogens is 314 g/mol. The molecule has 1 aliphatic rings. The van der Waals surface area contributed by atoms with E-state index >= 15 is 0 Å². The molecule has 2 N–H and O–H groups in total. The lowest BCUT2D eigenvalue weighted by Crippen LogP contribution is -2.15. The molecule has 1 aliphatic heterocycles. The molecule has 3 aromatic rings. The summed E-state index contributed by atoms with van der Waals surface area (Å²) in [6, 6.07) is 8.74. The summed E-state index contributed by atoms with van der Waals surface area (Å²) in [5.74, 6) is -3.45. The Morgan fingerprint density at radius 2 is 2.04 bits per heavy atom. The number of aliphatic hydroxyl groups is 1. The van der Waals surface area contributed by atoms with Gasteiger partial charge in [0.25, 0.3) is 0 Å². The number of benzene rings is 1. The van der Waals surface area contributed by atoms with Gasteiger partial charge in [0.2, 0.25) is 0 Å². The highest BCUT2D eigenvalue weighted by atomic mass is 19.3. The monoisotopic (exact) mass is 330 g/mol. The normalized spacial score (nSPS) is 17.1. The van der Waals surface area contributed by atoms with Gasteiger partial charge >= 0.3 is 5.92 Å². The van der Waals surface area contributed by atoms with Crippen LogP contribution in [0.5, 0.6) is 0 Å². The average Bonchev–Trinajstić information content (AvgIpc) is 3.04. The number of hydrogen-bond acceptors (Lipinski definition) is 4. The van der Waals surface area contributed by atoms with Crippen molar-refractivity contribution in [3.05, 3.63) is 47.4 Å². The number of alkyl halides is 2. The van der Waals surface area contributed by atoms with Crippen LogP contribution in [0.2, 0.25) is 0 Å². The molecule has 0 saturated carbocycles. The number of hydrogen-bond donors (Lipinski definition) is 2. The second-order valence-corrected chi connectivity index (χ2v) is 6.16. The zero-order valence-electron chi connectivity index (χ0n) is 13.2. The van der Waals surface area contributed by atoms with Crippen molar-refractivity contribution >= 4 is 16.9 Å². The number of rotatable bonds is 2. The Labute approximate surface area is 137 Å². The minimum Gasteiger partial charge on any atom is -0.373 e. The maximum atomic E-state index is 14.1. The Bertz CT molecular complexity index is 946. The van der Waals surface area contributed by atoms with E-state index in [9.17, 15) is 13.9 Å². The molecule has 4 rings (SSSR count). The quantitative estimate of drug-likeness (QED) is 0.758. The molecule has 0 saturated heterocycles. The Morgan fingerprint density at radius 3 is 2.79 bits per heavy atom. The Balaban J connectivity index is 1.99. The fourth-order valence-corrected chi connectivity index (χ4v) is 3.06. The summed E-state index contributed by atoms with van der Waals surface area (Å²) in [6.07, 6.45) is -0.220. The minimum atomic E-state index is -3.11. The lowest BCUT2D eigenvalue weighted by Gasteiger charge is -2.14. The molecule has 0 bridgehead atoms. The molecule has 0 spiro atoms. The van der Waals surface area contributed by atoms with Crippen LogP contribution in [0.1, 0.15) is 24.0 Å². The van der Waals surface area contributed by atoms with Crippen molar-refractivity contribution in [1.29, 1.82) is 0 Å². The Morgan fingerprint density at radius 1 is 1.25 bits per heavy atom. The van der Waals surface area contributed by atoms with Crippen molar-refractivity contribution in [1.82, 2.24) is 14.5 Å². The smallest absolute Gasteiger partial charge is 0.302 e. The summed E-state index contributed by atoms with van der Waals surface area (Å²) < 4.78 is 29.6. The van der Waals surface area contributed by atoms with Crippen LogP contribution in [0.15, 0.2) is 30.3 Å². The molecule has 1 aromatic carbocycles. The van der Waals surface area contributed by atoms with Gasteiger partial charge in [-0.25, -0.2) is 9.97 Å². The van der Waals surface area contributed by atoms with Crippen LogP contribution in [-0.2, 0) is 12.3 Å². The van der Waals surface area contributed by atoms with E-state index < -0.39 is 12.2 Å². The molecule has 24 heavy (non-hydrogen) atoms. The average molecular weight is 330 g/mol. The first kappa shape index (κ1) is 15.0. The van der Waals surface area contributed by atoms with Gasteiger partial charge in [-0.05, 0) is 42.8 Å². The number of aryl methyl sites for hydroxylation is 1. The summed E-state index contributed by atoms with van der Waals surface area (Å²) in [5, 5.41) is 12.6. The number of anilines is 1. The highest BCUT2D eigenvalue weighted by molar-refractivity contribution is 5.75. The van der Waals surface area contributed by atoms with Crippen LogP contribution in [0.25, 0.3) is 16.9 Å². The fourth-order valence-electron chi connectivity index (χ4n) is 3.06. The molecule has 0 aliphatic carbocycles. The van der Waals surface area contributed by atoms with E-state index in [1.165, 1.54) is 4.57 Å². The van der Waals surface area contributed by atoms with Crippen molar-refractivity contribution in [3.8, 4) is 5.69 Å². The zero-order valence-corrected chi connectivity index (χ0v) is 13.2. The van der Waals surface area contributed by atoms with Gasteiger partial charge in [-0.3, -0.25) is 4.57 Å². The summed E-state index contributed by atoms with van der Waals surface area (Å²) in [6.45, 7) is 2.64. The van der Waals surface area contributed by atoms with Gasteiger partial charge in [0.1, 0.15) is 11.7 Å². The van der Waals surface area contributed by atoms with E-state index in [1.54, 1.807) is 30.3 Å². The molecule has 0 radical (unpaired) electrons. The number of pyridine rings is 1. The highest BCUT2D eigenvalue weighted by Crippen LogP contribution is 2.34. The lowest BCUT2D eigenvalue weighted by molar-refractivity contribution is 0.00667. The molecule has 2 aromatic heterocycles. The van der Waals surface area contributed by atoms with Gasteiger partial charge in [-0.2, -0.15) is 8.78 Å².